The molecule has 0 fully saturated rings. The molecule has 1 rings (SSSR count). The van der Waals surface area contributed by atoms with Gasteiger partial charge in [0, 0.05) is 0 Å². The maximum Gasteiger partial charge on any atom is 0.227 e. The van der Waals surface area contributed by atoms with Crippen LogP contribution in [0.2, 0.25) is 8.67 Å². The predicted octanol–water partition coefficient (Wildman–Crippen LogP) is 2.59. The number of nitriles is 1. The Balaban J connectivity index is 3.14. The summed E-state index contributed by atoms with van der Waals surface area (Å²) in [6.45, 7) is 0. The van der Waals surface area contributed by atoms with Crippen LogP contribution in [0.5, 0.6) is 0 Å². The van der Waals surface area contributed by atoms with Gasteiger partial charge in [0.1, 0.15) is 10.4 Å². The minimum atomic E-state index is -0.747. The van der Waals surface area contributed by atoms with Gasteiger partial charge in [0.15, 0.2) is 0 Å². The highest BCUT2D eigenvalue weighted by Gasteiger charge is 2.19. The second-order valence-electron chi connectivity index (χ2n) is 2.13. The zero-order valence-corrected chi connectivity index (χ0v) is 8.82. The first-order chi connectivity index (χ1) is 6.60. The molecule has 0 atom stereocenters. The third kappa shape index (κ3) is 2.04. The van der Waals surface area contributed by atoms with Gasteiger partial charge in [-0.25, -0.2) is 0 Å². The van der Waals surface area contributed by atoms with Crippen LogP contribution in [-0.4, -0.2) is 16.7 Å². The van der Waals surface area contributed by atoms with Gasteiger partial charge in [0.2, 0.25) is 11.5 Å². The SMILES string of the molecule is N#C/C(=N\O)C(=O)c1cc(Cl)sc1Cl. The number of thiophene rings is 1. The molecule has 0 unspecified atom stereocenters. The Bertz CT molecular complexity index is 447. The number of ketones is 1. The Labute approximate surface area is 93.0 Å². The van der Waals surface area contributed by atoms with Crippen LogP contribution in [0.3, 0.4) is 0 Å². The second-order valence-corrected chi connectivity index (χ2v) is 4.41. The van der Waals surface area contributed by atoms with Crippen LogP contribution in [0.25, 0.3) is 0 Å². The summed E-state index contributed by atoms with van der Waals surface area (Å²) < 4.78 is 0.491. The van der Waals surface area contributed by atoms with Gasteiger partial charge in [-0.1, -0.05) is 28.4 Å². The van der Waals surface area contributed by atoms with Crippen molar-refractivity contribution in [3.63, 3.8) is 0 Å². The van der Waals surface area contributed by atoms with Gasteiger partial charge in [-0.15, -0.1) is 11.3 Å². The number of Topliss-reactive ketones (excluding diaryl/α,β-unsaturated/α-hetero) is 1. The molecule has 0 saturated carbocycles. The average Bonchev–Trinajstić information content (AvgIpc) is 2.47. The Morgan fingerprint density at radius 2 is 2.29 bits per heavy atom. The van der Waals surface area contributed by atoms with Crippen molar-refractivity contribution in [2.24, 2.45) is 5.16 Å². The molecular formula is C7H2Cl2N2O2S. The van der Waals surface area contributed by atoms with Crippen molar-refractivity contribution in [1.82, 2.24) is 0 Å². The Morgan fingerprint density at radius 3 is 2.64 bits per heavy atom. The monoisotopic (exact) mass is 248 g/mol. The molecule has 7 heteroatoms. The summed E-state index contributed by atoms with van der Waals surface area (Å²) in [5.74, 6) is -0.747. The predicted molar refractivity (Wildman–Crippen MR) is 53.5 cm³/mol. The Morgan fingerprint density at radius 1 is 1.64 bits per heavy atom. The third-order valence-corrected chi connectivity index (χ3v) is 2.81. The number of carbonyl (C=O) groups excluding carboxylic acids is 1. The van der Waals surface area contributed by atoms with Gasteiger partial charge in [-0.2, -0.15) is 5.26 Å². The highest BCUT2D eigenvalue weighted by atomic mass is 35.5. The molecule has 0 aliphatic carbocycles. The van der Waals surface area contributed by atoms with Crippen LogP contribution >= 0.6 is 34.5 Å². The van der Waals surface area contributed by atoms with Gasteiger partial charge >= 0.3 is 0 Å². The zero-order valence-electron chi connectivity index (χ0n) is 6.49. The number of nitrogens with zero attached hydrogens (tertiary/aromatic N) is 2. The van der Waals surface area contributed by atoms with E-state index in [-0.39, 0.29) is 9.90 Å². The lowest BCUT2D eigenvalue weighted by Gasteiger charge is -1.92. The van der Waals surface area contributed by atoms with Crippen LogP contribution in [0.15, 0.2) is 11.2 Å². The lowest BCUT2D eigenvalue weighted by Crippen LogP contribution is -2.11. The minimum Gasteiger partial charge on any atom is -0.410 e. The fraction of sp³-hybridized carbons (Fsp3) is 0. The molecule has 1 N–H and O–H groups in total. The molecular weight excluding hydrogens is 247 g/mol. The van der Waals surface area contributed by atoms with Gasteiger partial charge in [-0.05, 0) is 6.07 Å². The zero-order chi connectivity index (χ0) is 10.7. The molecule has 1 heterocycles. The van der Waals surface area contributed by atoms with Crippen LogP contribution in [0, 0.1) is 11.3 Å². The maximum atomic E-state index is 11.4. The fourth-order valence-electron chi connectivity index (χ4n) is 0.741. The third-order valence-electron chi connectivity index (χ3n) is 1.32. The molecule has 0 amide bonds. The molecule has 0 bridgehead atoms. The van der Waals surface area contributed by atoms with Crippen LogP contribution in [0.1, 0.15) is 10.4 Å². The summed E-state index contributed by atoms with van der Waals surface area (Å²) in [4.78, 5) is 11.4. The maximum absolute atomic E-state index is 11.4. The van der Waals surface area contributed by atoms with E-state index < -0.39 is 11.5 Å². The van der Waals surface area contributed by atoms with Crippen molar-refractivity contribution in [2.75, 3.05) is 0 Å². The van der Waals surface area contributed by atoms with Gasteiger partial charge < -0.3 is 5.21 Å². The molecule has 0 aliphatic heterocycles. The standard InChI is InChI=1S/C7H2Cl2N2O2S/c8-5-1-3(7(9)14-5)6(12)4(2-10)11-13/h1,13H/b11-4+. The van der Waals surface area contributed by atoms with Crippen molar-refractivity contribution in [3.8, 4) is 6.07 Å². The number of rotatable bonds is 2. The summed E-state index contributed by atoms with van der Waals surface area (Å²) in [6, 6.07) is 2.76. The van der Waals surface area contributed by atoms with Gasteiger partial charge in [0.25, 0.3) is 0 Å². The first-order valence-electron chi connectivity index (χ1n) is 3.21. The largest absolute Gasteiger partial charge is 0.410 e. The van der Waals surface area contributed by atoms with E-state index in [4.69, 9.17) is 33.7 Å². The van der Waals surface area contributed by atoms with Crippen molar-refractivity contribution in [2.45, 2.75) is 0 Å². The average molecular weight is 249 g/mol. The van der Waals surface area contributed by atoms with Crippen molar-refractivity contribution in [3.05, 3.63) is 20.3 Å². The van der Waals surface area contributed by atoms with Crippen LogP contribution in [-0.2, 0) is 0 Å². The van der Waals surface area contributed by atoms with E-state index >= 15 is 0 Å². The molecule has 0 aromatic carbocycles. The molecule has 0 radical (unpaired) electrons. The van der Waals surface area contributed by atoms with Gasteiger partial charge in [-0.3, -0.25) is 4.79 Å². The van der Waals surface area contributed by atoms with E-state index in [2.05, 4.69) is 5.16 Å². The highest BCUT2D eigenvalue weighted by molar-refractivity contribution is 7.20. The van der Waals surface area contributed by atoms with Crippen LogP contribution in [0.4, 0.5) is 0 Å². The van der Waals surface area contributed by atoms with E-state index in [1.54, 1.807) is 0 Å². The quantitative estimate of drug-likeness (QED) is 0.379. The fourth-order valence-corrected chi connectivity index (χ4v) is 2.20. The summed E-state index contributed by atoms with van der Waals surface area (Å²) in [5.41, 5.74) is -0.558. The normalized spacial score (nSPS) is 11.1. The molecule has 0 aliphatic rings. The van der Waals surface area contributed by atoms with E-state index in [1.807, 2.05) is 0 Å². The Kier molecular flexibility index (Phi) is 3.47. The highest BCUT2D eigenvalue weighted by Crippen LogP contribution is 2.31. The molecule has 1 aromatic rings. The number of oxime groups is 1. The summed E-state index contributed by atoms with van der Waals surface area (Å²) >= 11 is 12.3. The molecule has 4 nitrogen and oxygen atoms in total. The van der Waals surface area contributed by atoms with Crippen molar-refractivity contribution < 1.29 is 10.0 Å². The molecule has 0 saturated heterocycles. The Hall–Kier alpha value is -1.09. The molecule has 72 valence electrons. The van der Waals surface area contributed by atoms with E-state index in [1.165, 1.54) is 12.1 Å². The van der Waals surface area contributed by atoms with Gasteiger partial charge in [0.05, 0.1) is 9.90 Å². The first-order valence-corrected chi connectivity index (χ1v) is 4.79. The lowest BCUT2D eigenvalue weighted by molar-refractivity contribution is 0.106. The van der Waals surface area contributed by atoms with Crippen LogP contribution < -0.4 is 0 Å². The lowest BCUT2D eigenvalue weighted by atomic mass is 10.1. The molecule has 0 spiro atoms. The number of carbonyl (C=O) groups is 1. The number of hydrogen-bond donors (Lipinski definition) is 1. The summed E-state index contributed by atoms with van der Waals surface area (Å²) in [7, 11) is 0. The molecule has 1 aromatic heterocycles. The second kappa shape index (κ2) is 4.42. The summed E-state index contributed by atoms with van der Waals surface area (Å²) in [6.07, 6.45) is 0. The number of halogens is 2. The van der Waals surface area contributed by atoms with E-state index in [9.17, 15) is 4.79 Å². The molecule has 14 heavy (non-hydrogen) atoms. The minimum absolute atomic E-state index is 0.0658. The van der Waals surface area contributed by atoms with Crippen molar-refractivity contribution in [1.29, 1.82) is 5.26 Å². The van der Waals surface area contributed by atoms with E-state index in [0.29, 0.717) is 4.34 Å². The topological polar surface area (TPSA) is 73.4 Å². The number of hydrogen-bond acceptors (Lipinski definition) is 5. The van der Waals surface area contributed by atoms with Crippen molar-refractivity contribution >= 4 is 46.0 Å². The first kappa shape index (κ1) is 11.0. The smallest absolute Gasteiger partial charge is 0.227 e. The van der Waals surface area contributed by atoms with E-state index in [0.717, 1.165) is 11.3 Å². The summed E-state index contributed by atoms with van der Waals surface area (Å²) in [5, 5.41) is 19.3.